The fourth-order valence-electron chi connectivity index (χ4n) is 1.95. The number of hydrogen-bond donors (Lipinski definition) is 0. The third-order valence-corrected chi connectivity index (χ3v) is 3.01. The minimum absolute atomic E-state index is 0.188. The molecule has 4 nitrogen and oxygen atoms in total. The lowest BCUT2D eigenvalue weighted by atomic mass is 9.92. The summed E-state index contributed by atoms with van der Waals surface area (Å²) in [5.74, 6) is -0.00461. The third-order valence-electron chi connectivity index (χ3n) is 3.01. The van der Waals surface area contributed by atoms with E-state index in [0.29, 0.717) is 12.8 Å². The fourth-order valence-corrected chi connectivity index (χ4v) is 1.95. The molecule has 2 atom stereocenters. The SMILES string of the molecule is COC(=O)C[C@H]1/C=C\C[C@@H](CC(=O)OC)/C=C\C1. The van der Waals surface area contributed by atoms with Crippen molar-refractivity contribution in [2.45, 2.75) is 25.7 Å². The zero-order chi connectivity index (χ0) is 13.4. The van der Waals surface area contributed by atoms with E-state index in [1.807, 2.05) is 24.3 Å². The van der Waals surface area contributed by atoms with Crippen molar-refractivity contribution < 1.29 is 19.1 Å². The molecule has 0 fully saturated rings. The smallest absolute Gasteiger partial charge is 0.306 e. The van der Waals surface area contributed by atoms with Crippen molar-refractivity contribution in [2.24, 2.45) is 11.8 Å². The zero-order valence-corrected chi connectivity index (χ0v) is 10.9. The van der Waals surface area contributed by atoms with E-state index in [9.17, 15) is 9.59 Å². The first-order chi connectivity index (χ1) is 8.65. The summed E-state index contributed by atoms with van der Waals surface area (Å²) in [6.07, 6.45) is 10.5. The highest BCUT2D eigenvalue weighted by molar-refractivity contribution is 5.70. The van der Waals surface area contributed by atoms with Crippen LogP contribution in [0.1, 0.15) is 25.7 Å². The molecule has 18 heavy (non-hydrogen) atoms. The van der Waals surface area contributed by atoms with E-state index in [1.54, 1.807) is 0 Å². The highest BCUT2D eigenvalue weighted by Crippen LogP contribution is 2.20. The minimum Gasteiger partial charge on any atom is -0.469 e. The van der Waals surface area contributed by atoms with Crippen molar-refractivity contribution in [1.82, 2.24) is 0 Å². The Kier molecular flexibility index (Phi) is 6.19. The summed E-state index contributed by atoms with van der Waals surface area (Å²) in [5, 5.41) is 0. The van der Waals surface area contributed by atoms with Crippen LogP contribution in [0.3, 0.4) is 0 Å². The van der Waals surface area contributed by atoms with Crippen LogP contribution in [0.2, 0.25) is 0 Å². The van der Waals surface area contributed by atoms with Crippen LogP contribution in [-0.4, -0.2) is 26.2 Å². The monoisotopic (exact) mass is 252 g/mol. The lowest BCUT2D eigenvalue weighted by Gasteiger charge is -2.14. The Bertz CT molecular complexity index is 310. The average molecular weight is 252 g/mol. The molecule has 0 heterocycles. The largest absolute Gasteiger partial charge is 0.469 e. The molecule has 100 valence electrons. The van der Waals surface area contributed by atoms with E-state index in [-0.39, 0.29) is 23.8 Å². The van der Waals surface area contributed by atoms with Crippen molar-refractivity contribution in [3.8, 4) is 0 Å². The van der Waals surface area contributed by atoms with Gasteiger partial charge in [0.2, 0.25) is 0 Å². The van der Waals surface area contributed by atoms with Gasteiger partial charge in [-0.05, 0) is 24.7 Å². The van der Waals surface area contributed by atoms with Crippen LogP contribution < -0.4 is 0 Å². The molecule has 0 radical (unpaired) electrons. The zero-order valence-electron chi connectivity index (χ0n) is 10.9. The van der Waals surface area contributed by atoms with Gasteiger partial charge in [-0.2, -0.15) is 0 Å². The van der Waals surface area contributed by atoms with Gasteiger partial charge in [0.25, 0.3) is 0 Å². The predicted molar refractivity (Wildman–Crippen MR) is 67.8 cm³/mol. The molecule has 0 N–H and O–H groups in total. The maximum absolute atomic E-state index is 11.2. The van der Waals surface area contributed by atoms with Crippen LogP contribution in [-0.2, 0) is 19.1 Å². The lowest BCUT2D eigenvalue weighted by molar-refractivity contribution is -0.142. The van der Waals surface area contributed by atoms with Gasteiger partial charge in [-0.15, -0.1) is 0 Å². The second kappa shape index (κ2) is 7.69. The number of rotatable bonds is 4. The second-order valence-corrected chi connectivity index (χ2v) is 4.41. The highest BCUT2D eigenvalue weighted by atomic mass is 16.5. The summed E-state index contributed by atoms with van der Waals surface area (Å²) in [6.45, 7) is 0. The molecule has 1 aliphatic rings. The van der Waals surface area contributed by atoms with Gasteiger partial charge in [0.1, 0.15) is 0 Å². The minimum atomic E-state index is -0.190. The summed E-state index contributed by atoms with van der Waals surface area (Å²) in [5.41, 5.74) is 0. The van der Waals surface area contributed by atoms with Crippen molar-refractivity contribution in [1.29, 1.82) is 0 Å². The third kappa shape index (κ3) is 5.17. The van der Waals surface area contributed by atoms with Crippen LogP contribution in [0.15, 0.2) is 24.3 Å². The van der Waals surface area contributed by atoms with Gasteiger partial charge in [-0.25, -0.2) is 0 Å². The van der Waals surface area contributed by atoms with E-state index in [4.69, 9.17) is 0 Å². The van der Waals surface area contributed by atoms with Gasteiger partial charge in [0, 0.05) is 0 Å². The summed E-state index contributed by atoms with van der Waals surface area (Å²) in [6, 6.07) is 0. The Balaban J connectivity index is 2.47. The molecular formula is C14H20O4. The van der Waals surface area contributed by atoms with Crippen molar-refractivity contribution >= 4 is 11.9 Å². The molecular weight excluding hydrogens is 232 g/mol. The van der Waals surface area contributed by atoms with Gasteiger partial charge in [0.15, 0.2) is 0 Å². The van der Waals surface area contributed by atoms with Gasteiger partial charge in [0.05, 0.1) is 27.1 Å². The predicted octanol–water partition coefficient (Wildman–Crippen LogP) is 2.25. The average Bonchev–Trinajstić information content (AvgIpc) is 2.34. The molecule has 0 aromatic rings. The molecule has 0 aromatic carbocycles. The fraction of sp³-hybridized carbons (Fsp3) is 0.571. The summed E-state index contributed by atoms with van der Waals surface area (Å²) >= 11 is 0. The molecule has 0 spiro atoms. The normalized spacial score (nSPS) is 26.6. The van der Waals surface area contributed by atoms with E-state index in [1.165, 1.54) is 14.2 Å². The molecule has 0 saturated carbocycles. The Morgan fingerprint density at radius 2 is 1.33 bits per heavy atom. The maximum Gasteiger partial charge on any atom is 0.306 e. The van der Waals surface area contributed by atoms with Crippen molar-refractivity contribution in [2.75, 3.05) is 14.2 Å². The molecule has 0 unspecified atom stereocenters. The van der Waals surface area contributed by atoms with Crippen LogP contribution >= 0.6 is 0 Å². The first-order valence-corrected chi connectivity index (χ1v) is 6.12. The molecule has 1 aliphatic carbocycles. The van der Waals surface area contributed by atoms with Crippen LogP contribution in [0.25, 0.3) is 0 Å². The van der Waals surface area contributed by atoms with Gasteiger partial charge >= 0.3 is 11.9 Å². The number of hydrogen-bond acceptors (Lipinski definition) is 4. The lowest BCUT2D eigenvalue weighted by Crippen LogP contribution is -2.11. The van der Waals surface area contributed by atoms with Crippen molar-refractivity contribution in [3.63, 3.8) is 0 Å². The van der Waals surface area contributed by atoms with Gasteiger partial charge in [-0.3, -0.25) is 9.59 Å². The number of esters is 2. The Labute approximate surface area is 108 Å². The summed E-state index contributed by atoms with van der Waals surface area (Å²) in [4.78, 5) is 22.4. The van der Waals surface area contributed by atoms with E-state index < -0.39 is 0 Å². The maximum atomic E-state index is 11.2. The number of carbonyl (C=O) groups is 2. The Morgan fingerprint density at radius 1 is 0.944 bits per heavy atom. The summed E-state index contributed by atoms with van der Waals surface area (Å²) < 4.78 is 9.31. The van der Waals surface area contributed by atoms with E-state index in [0.717, 1.165) is 12.8 Å². The quantitative estimate of drug-likeness (QED) is 0.569. The molecule has 4 heteroatoms. The molecule has 0 aliphatic heterocycles. The number of carbonyl (C=O) groups excluding carboxylic acids is 2. The number of methoxy groups -OCH3 is 2. The first kappa shape index (κ1) is 14.5. The number of ether oxygens (including phenoxy) is 2. The summed E-state index contributed by atoms with van der Waals surface area (Å²) in [7, 11) is 2.80. The van der Waals surface area contributed by atoms with Crippen LogP contribution in [0.4, 0.5) is 0 Å². The van der Waals surface area contributed by atoms with E-state index >= 15 is 0 Å². The standard InChI is InChI=1S/C14H20O4/c1-17-13(15)9-11-5-3-7-12(8-4-6-11)10-14(16)18-2/h3-5,8,11-12H,6-7,9-10H2,1-2H3/b5-3-,8-4-/t11-,12+/m0/s1. The van der Waals surface area contributed by atoms with Gasteiger partial charge in [-0.1, -0.05) is 24.3 Å². The molecule has 0 saturated heterocycles. The molecule has 0 amide bonds. The van der Waals surface area contributed by atoms with Gasteiger partial charge < -0.3 is 9.47 Å². The molecule has 1 rings (SSSR count). The first-order valence-electron chi connectivity index (χ1n) is 6.12. The number of allylic oxidation sites excluding steroid dienone is 4. The Morgan fingerprint density at radius 3 is 1.67 bits per heavy atom. The second-order valence-electron chi connectivity index (χ2n) is 4.41. The highest BCUT2D eigenvalue weighted by Gasteiger charge is 2.14. The van der Waals surface area contributed by atoms with Crippen LogP contribution in [0.5, 0.6) is 0 Å². The van der Waals surface area contributed by atoms with E-state index in [2.05, 4.69) is 9.47 Å². The Hall–Kier alpha value is -1.58. The topological polar surface area (TPSA) is 52.6 Å². The van der Waals surface area contributed by atoms with Crippen LogP contribution in [0, 0.1) is 11.8 Å². The van der Waals surface area contributed by atoms with Crippen molar-refractivity contribution in [3.05, 3.63) is 24.3 Å². The molecule has 0 bridgehead atoms. The molecule has 0 aromatic heterocycles.